The zero-order valence-electron chi connectivity index (χ0n) is 12.6. The Labute approximate surface area is 144 Å². The van der Waals surface area contributed by atoms with E-state index in [0.29, 0.717) is 11.6 Å². The largest absolute Gasteiger partial charge is 0.375 e. The molecule has 0 aliphatic heterocycles. The van der Waals surface area contributed by atoms with E-state index >= 15 is 0 Å². The molecule has 2 rings (SSSR count). The molecule has 1 N–H and O–H groups in total. The summed E-state index contributed by atoms with van der Waals surface area (Å²) in [5.41, 5.74) is 0.836. The molecule has 6 heteroatoms. The molecule has 0 saturated carbocycles. The molecule has 23 heavy (non-hydrogen) atoms. The summed E-state index contributed by atoms with van der Waals surface area (Å²) in [6.45, 7) is 0.336. The van der Waals surface area contributed by atoms with Crippen molar-refractivity contribution >= 4 is 29.3 Å². The number of nitrogens with one attached hydrogen (secondary N) is 1. The van der Waals surface area contributed by atoms with Crippen LogP contribution in [0.5, 0.6) is 0 Å². The van der Waals surface area contributed by atoms with Gasteiger partial charge in [0.25, 0.3) is 0 Å². The molecule has 0 aliphatic rings. The van der Waals surface area contributed by atoms with Crippen molar-refractivity contribution < 1.29 is 13.9 Å². The Morgan fingerprint density at radius 1 is 1.26 bits per heavy atom. The van der Waals surface area contributed by atoms with E-state index in [2.05, 4.69) is 5.32 Å². The number of hydrogen-bond donors (Lipinski definition) is 1. The molecule has 2 aromatic rings. The summed E-state index contributed by atoms with van der Waals surface area (Å²) in [6, 6.07) is 13.4. The van der Waals surface area contributed by atoms with Crippen molar-refractivity contribution in [2.45, 2.75) is 11.0 Å². The number of hydrogen-bond acceptors (Lipinski definition) is 3. The second-order valence-electron chi connectivity index (χ2n) is 4.79. The van der Waals surface area contributed by atoms with Crippen LogP contribution in [-0.2, 0) is 9.53 Å². The second kappa shape index (κ2) is 8.91. The van der Waals surface area contributed by atoms with E-state index < -0.39 is 0 Å². The first-order valence-electron chi connectivity index (χ1n) is 7.02. The summed E-state index contributed by atoms with van der Waals surface area (Å²) >= 11 is 7.49. The third-order valence-corrected chi connectivity index (χ3v) is 4.56. The second-order valence-corrected chi connectivity index (χ2v) is 6.25. The summed E-state index contributed by atoms with van der Waals surface area (Å²) < 4.78 is 18.2. The van der Waals surface area contributed by atoms with E-state index in [9.17, 15) is 9.18 Å². The van der Waals surface area contributed by atoms with E-state index in [1.54, 1.807) is 25.3 Å². The van der Waals surface area contributed by atoms with Gasteiger partial charge in [0.05, 0.1) is 5.75 Å². The highest BCUT2D eigenvalue weighted by molar-refractivity contribution is 8.00. The van der Waals surface area contributed by atoms with Crippen LogP contribution >= 0.6 is 23.4 Å². The van der Waals surface area contributed by atoms with Crippen LogP contribution in [0.15, 0.2) is 53.4 Å². The Morgan fingerprint density at radius 2 is 1.96 bits per heavy atom. The van der Waals surface area contributed by atoms with Crippen LogP contribution in [0.4, 0.5) is 4.39 Å². The standard InChI is InChI=1S/C17H17ClFNO2S/c1-22-16(14-4-2-3-5-15(14)18)10-20-17(21)11-23-13-8-6-12(19)7-9-13/h2-9,16H,10-11H2,1H3,(H,20,21)/t16-/m1/s1. The zero-order valence-corrected chi connectivity index (χ0v) is 14.2. The lowest BCUT2D eigenvalue weighted by molar-refractivity contribution is -0.119. The Hall–Kier alpha value is -1.56. The lowest BCUT2D eigenvalue weighted by atomic mass is 10.1. The van der Waals surface area contributed by atoms with Gasteiger partial charge in [-0.1, -0.05) is 29.8 Å². The van der Waals surface area contributed by atoms with E-state index in [-0.39, 0.29) is 23.6 Å². The number of halogens is 2. The molecule has 0 fully saturated rings. The third-order valence-electron chi connectivity index (χ3n) is 3.20. The number of carbonyl (C=O) groups excluding carboxylic acids is 1. The quantitative estimate of drug-likeness (QED) is 0.762. The van der Waals surface area contributed by atoms with Gasteiger partial charge in [-0.3, -0.25) is 4.79 Å². The fourth-order valence-corrected chi connectivity index (χ4v) is 2.98. The van der Waals surface area contributed by atoms with Crippen LogP contribution in [-0.4, -0.2) is 25.3 Å². The Morgan fingerprint density at radius 3 is 2.61 bits per heavy atom. The highest BCUT2D eigenvalue weighted by Crippen LogP contribution is 2.24. The fraction of sp³-hybridized carbons (Fsp3) is 0.235. The van der Waals surface area contributed by atoms with Crippen molar-refractivity contribution in [2.24, 2.45) is 0 Å². The molecule has 0 spiro atoms. The lowest BCUT2D eigenvalue weighted by Gasteiger charge is -2.17. The van der Waals surface area contributed by atoms with Crippen LogP contribution in [0.25, 0.3) is 0 Å². The highest BCUT2D eigenvalue weighted by Gasteiger charge is 2.14. The van der Waals surface area contributed by atoms with Gasteiger partial charge < -0.3 is 10.1 Å². The molecule has 2 aromatic carbocycles. The smallest absolute Gasteiger partial charge is 0.230 e. The number of amides is 1. The minimum absolute atomic E-state index is 0.117. The van der Waals surface area contributed by atoms with E-state index in [1.807, 2.05) is 18.2 Å². The number of carbonyl (C=O) groups is 1. The average molecular weight is 354 g/mol. The molecular formula is C17H17ClFNO2S. The summed E-state index contributed by atoms with van der Waals surface area (Å²) in [6.07, 6.45) is -0.302. The molecule has 0 aromatic heterocycles. The summed E-state index contributed by atoms with van der Waals surface area (Å²) in [5.74, 6) is -0.153. The average Bonchev–Trinajstić information content (AvgIpc) is 2.56. The molecule has 0 heterocycles. The molecule has 0 unspecified atom stereocenters. The maximum atomic E-state index is 12.8. The predicted octanol–water partition coefficient (Wildman–Crippen LogP) is 4.08. The van der Waals surface area contributed by atoms with Crippen molar-refractivity contribution in [1.29, 1.82) is 0 Å². The number of rotatable bonds is 7. The molecule has 3 nitrogen and oxygen atoms in total. The highest BCUT2D eigenvalue weighted by atomic mass is 35.5. The van der Waals surface area contributed by atoms with Gasteiger partial charge in [0, 0.05) is 29.1 Å². The monoisotopic (exact) mass is 353 g/mol. The molecule has 1 amide bonds. The van der Waals surface area contributed by atoms with Crippen molar-refractivity contribution in [2.75, 3.05) is 19.4 Å². The first-order chi connectivity index (χ1) is 11.1. The van der Waals surface area contributed by atoms with Crippen LogP contribution in [0.3, 0.4) is 0 Å². The van der Waals surface area contributed by atoms with Crippen molar-refractivity contribution in [3.05, 3.63) is 64.9 Å². The number of thioether (sulfide) groups is 1. The van der Waals surface area contributed by atoms with Gasteiger partial charge in [-0.2, -0.15) is 0 Å². The van der Waals surface area contributed by atoms with Gasteiger partial charge in [0.1, 0.15) is 11.9 Å². The molecule has 1 atom stereocenters. The van der Waals surface area contributed by atoms with Gasteiger partial charge in [0.2, 0.25) is 5.91 Å². The number of methoxy groups -OCH3 is 1. The fourth-order valence-electron chi connectivity index (χ4n) is 1.99. The first kappa shape index (κ1) is 17.8. The molecule has 0 saturated heterocycles. The summed E-state index contributed by atoms with van der Waals surface area (Å²) in [4.78, 5) is 12.8. The first-order valence-corrected chi connectivity index (χ1v) is 8.39. The van der Waals surface area contributed by atoms with Gasteiger partial charge >= 0.3 is 0 Å². The van der Waals surface area contributed by atoms with Gasteiger partial charge in [-0.15, -0.1) is 11.8 Å². The summed E-state index contributed by atoms with van der Waals surface area (Å²) in [7, 11) is 1.58. The van der Waals surface area contributed by atoms with E-state index in [4.69, 9.17) is 16.3 Å². The molecule has 0 aliphatic carbocycles. The van der Waals surface area contributed by atoms with Crippen molar-refractivity contribution in [3.8, 4) is 0 Å². The summed E-state index contributed by atoms with van der Waals surface area (Å²) in [5, 5.41) is 3.43. The molecule has 0 bridgehead atoms. The van der Waals surface area contributed by atoms with Crippen LogP contribution in [0.2, 0.25) is 5.02 Å². The Balaban J connectivity index is 1.83. The van der Waals surface area contributed by atoms with Crippen LogP contribution in [0.1, 0.15) is 11.7 Å². The normalized spacial score (nSPS) is 12.0. The number of benzene rings is 2. The minimum Gasteiger partial charge on any atom is -0.375 e. The third kappa shape index (κ3) is 5.53. The van der Waals surface area contributed by atoms with Crippen molar-refractivity contribution in [3.63, 3.8) is 0 Å². The number of ether oxygens (including phenoxy) is 1. The maximum absolute atomic E-state index is 12.8. The maximum Gasteiger partial charge on any atom is 0.230 e. The molecule has 122 valence electrons. The Kier molecular flexibility index (Phi) is 6.89. The van der Waals surface area contributed by atoms with Gasteiger partial charge in [-0.05, 0) is 30.3 Å². The minimum atomic E-state index is -0.302. The van der Waals surface area contributed by atoms with Crippen LogP contribution in [0, 0.1) is 5.82 Å². The van der Waals surface area contributed by atoms with E-state index in [0.717, 1.165) is 10.5 Å². The SMILES string of the molecule is CO[C@H](CNC(=O)CSc1ccc(F)cc1)c1ccccc1Cl. The Bertz CT molecular complexity index is 651. The van der Waals surface area contributed by atoms with Gasteiger partial charge in [-0.25, -0.2) is 4.39 Å². The molecular weight excluding hydrogens is 337 g/mol. The zero-order chi connectivity index (χ0) is 16.7. The predicted molar refractivity (Wildman–Crippen MR) is 91.3 cm³/mol. The van der Waals surface area contributed by atoms with Crippen molar-refractivity contribution in [1.82, 2.24) is 5.32 Å². The van der Waals surface area contributed by atoms with Crippen LogP contribution < -0.4 is 5.32 Å². The molecule has 0 radical (unpaired) electrons. The van der Waals surface area contributed by atoms with Gasteiger partial charge in [0.15, 0.2) is 0 Å². The lowest BCUT2D eigenvalue weighted by Crippen LogP contribution is -2.30. The van der Waals surface area contributed by atoms with E-state index in [1.165, 1.54) is 23.9 Å². The topological polar surface area (TPSA) is 38.3 Å².